The monoisotopic (exact) mass is 400 g/mol. The van der Waals surface area contributed by atoms with Crippen molar-refractivity contribution in [1.82, 2.24) is 4.90 Å². The molecule has 152 valence electrons. The number of rotatable bonds is 5. The number of carbonyl (C=O) groups is 2. The highest BCUT2D eigenvalue weighted by molar-refractivity contribution is 6.09. The number of nitrogens with zero attached hydrogens (tertiary/aromatic N) is 1. The molecule has 1 aromatic heterocycles. The van der Waals surface area contributed by atoms with E-state index in [9.17, 15) is 9.59 Å². The van der Waals surface area contributed by atoms with Crippen LogP contribution in [-0.4, -0.2) is 30.3 Å². The molecule has 5 heteroatoms. The number of carbonyl (C=O) groups excluding carboxylic acids is 2. The zero-order valence-corrected chi connectivity index (χ0v) is 17.4. The fraction of sp³-hybridized carbons (Fsp3) is 0.200. The average molecular weight is 400 g/mol. The van der Waals surface area contributed by atoms with Gasteiger partial charge in [0.1, 0.15) is 5.58 Å². The zero-order valence-electron chi connectivity index (χ0n) is 17.4. The Bertz CT molecular complexity index is 1260. The molecule has 0 spiro atoms. The molecule has 0 fully saturated rings. The van der Waals surface area contributed by atoms with Crippen LogP contribution in [0.5, 0.6) is 0 Å². The molecule has 1 heterocycles. The number of benzene rings is 3. The van der Waals surface area contributed by atoms with Gasteiger partial charge in [-0.25, -0.2) is 0 Å². The van der Waals surface area contributed by atoms with E-state index in [1.807, 2.05) is 74.5 Å². The maximum atomic E-state index is 13.0. The number of furan rings is 1. The van der Waals surface area contributed by atoms with Crippen molar-refractivity contribution < 1.29 is 14.0 Å². The summed E-state index contributed by atoms with van der Waals surface area (Å²) in [5.41, 5.74) is 3.31. The number of para-hydroxylation sites is 1. The largest absolute Gasteiger partial charge is 0.450 e. The summed E-state index contributed by atoms with van der Waals surface area (Å²) in [6, 6.07) is 19.6. The summed E-state index contributed by atoms with van der Waals surface area (Å²) in [4.78, 5) is 26.9. The molecule has 0 radical (unpaired) electrons. The molecule has 0 unspecified atom stereocenters. The smallest absolute Gasteiger partial charge is 0.290 e. The van der Waals surface area contributed by atoms with Gasteiger partial charge in [0.25, 0.3) is 5.91 Å². The number of fused-ring (bicyclic) bond motifs is 3. The van der Waals surface area contributed by atoms with E-state index >= 15 is 0 Å². The summed E-state index contributed by atoms with van der Waals surface area (Å²) in [6.07, 6.45) is 0.817. The Hall–Kier alpha value is -3.60. The van der Waals surface area contributed by atoms with Crippen LogP contribution in [0, 0.1) is 6.92 Å². The summed E-state index contributed by atoms with van der Waals surface area (Å²) in [5, 5.41) is 5.83. The minimum Gasteiger partial charge on any atom is -0.450 e. The van der Waals surface area contributed by atoms with Gasteiger partial charge in [0.05, 0.1) is 6.54 Å². The van der Waals surface area contributed by atoms with Crippen molar-refractivity contribution >= 4 is 39.2 Å². The van der Waals surface area contributed by atoms with E-state index in [0.29, 0.717) is 5.58 Å². The first kappa shape index (κ1) is 19.7. The van der Waals surface area contributed by atoms with Crippen molar-refractivity contribution in [2.45, 2.75) is 20.3 Å². The van der Waals surface area contributed by atoms with Gasteiger partial charge in [-0.2, -0.15) is 0 Å². The molecule has 0 aliphatic carbocycles. The lowest BCUT2D eigenvalue weighted by Crippen LogP contribution is -2.35. The van der Waals surface area contributed by atoms with Crippen molar-refractivity contribution in [1.29, 1.82) is 0 Å². The third-order valence-corrected chi connectivity index (χ3v) is 5.42. The first-order chi connectivity index (χ1) is 14.5. The van der Waals surface area contributed by atoms with Gasteiger partial charge in [0.2, 0.25) is 5.91 Å². The summed E-state index contributed by atoms with van der Waals surface area (Å²) in [6.45, 7) is 3.85. The molecule has 0 saturated heterocycles. The molecule has 4 aromatic rings. The number of amides is 2. The Morgan fingerprint density at radius 2 is 1.70 bits per heavy atom. The Morgan fingerprint density at radius 1 is 0.967 bits per heavy atom. The standard InChI is InChI=1S/C25H24N2O3/c1-4-17-9-6-8-12-21(17)26-22(28)15-27(3)25(29)23-16(2)19-14-13-18-10-5-7-11-20(18)24(19)30-23/h5-14H,4,15H2,1-3H3,(H,26,28). The molecule has 0 saturated carbocycles. The lowest BCUT2D eigenvalue weighted by atomic mass is 10.1. The van der Waals surface area contributed by atoms with E-state index in [4.69, 9.17) is 4.42 Å². The van der Waals surface area contributed by atoms with Crippen LogP contribution in [0.4, 0.5) is 5.69 Å². The Morgan fingerprint density at radius 3 is 2.50 bits per heavy atom. The molecule has 2 amide bonds. The average Bonchev–Trinajstić information content (AvgIpc) is 3.10. The molecule has 0 bridgehead atoms. The molecule has 4 rings (SSSR count). The number of nitrogens with one attached hydrogen (secondary N) is 1. The third kappa shape index (κ3) is 3.54. The minimum absolute atomic E-state index is 0.0614. The van der Waals surface area contributed by atoms with Crippen LogP contribution in [0.25, 0.3) is 21.7 Å². The van der Waals surface area contributed by atoms with E-state index in [2.05, 4.69) is 5.32 Å². The lowest BCUT2D eigenvalue weighted by molar-refractivity contribution is -0.116. The number of aryl methyl sites for hydroxylation is 2. The summed E-state index contributed by atoms with van der Waals surface area (Å²) in [5.74, 6) is -0.289. The van der Waals surface area contributed by atoms with Crippen LogP contribution in [-0.2, 0) is 11.2 Å². The molecular weight excluding hydrogens is 376 g/mol. The fourth-order valence-corrected chi connectivity index (χ4v) is 3.75. The first-order valence-corrected chi connectivity index (χ1v) is 10.0. The molecular formula is C25H24N2O3. The Labute approximate surface area is 175 Å². The molecule has 0 atom stereocenters. The van der Waals surface area contributed by atoms with Crippen molar-refractivity contribution in [3.8, 4) is 0 Å². The number of anilines is 1. The SMILES string of the molecule is CCc1ccccc1NC(=O)CN(C)C(=O)c1oc2c(ccc3ccccc32)c1C. The van der Waals surface area contributed by atoms with Crippen LogP contribution in [0.3, 0.4) is 0 Å². The topological polar surface area (TPSA) is 62.6 Å². The maximum absolute atomic E-state index is 13.0. The van der Waals surface area contributed by atoms with Gasteiger partial charge >= 0.3 is 0 Å². The zero-order chi connectivity index (χ0) is 21.3. The minimum atomic E-state index is -0.313. The predicted molar refractivity (Wildman–Crippen MR) is 120 cm³/mol. The Balaban J connectivity index is 1.56. The van der Waals surface area contributed by atoms with E-state index < -0.39 is 0 Å². The molecule has 3 aromatic carbocycles. The Kier molecular flexibility index (Phi) is 5.27. The van der Waals surface area contributed by atoms with Gasteiger partial charge in [0.15, 0.2) is 5.76 Å². The van der Waals surface area contributed by atoms with Crippen molar-refractivity contribution in [2.24, 2.45) is 0 Å². The predicted octanol–water partition coefficient (Wildman–Crippen LogP) is 5.17. The van der Waals surface area contributed by atoms with Gasteiger partial charge < -0.3 is 14.6 Å². The summed E-state index contributed by atoms with van der Waals surface area (Å²) in [7, 11) is 1.61. The third-order valence-electron chi connectivity index (χ3n) is 5.42. The van der Waals surface area contributed by atoms with Crippen LogP contribution >= 0.6 is 0 Å². The van der Waals surface area contributed by atoms with E-state index in [-0.39, 0.29) is 24.1 Å². The van der Waals surface area contributed by atoms with Gasteiger partial charge in [-0.1, -0.05) is 61.5 Å². The normalized spacial score (nSPS) is 11.0. The number of hydrogen-bond acceptors (Lipinski definition) is 3. The summed E-state index contributed by atoms with van der Waals surface area (Å²) < 4.78 is 6.01. The van der Waals surface area contributed by atoms with E-state index in [1.165, 1.54) is 4.90 Å². The second-order valence-corrected chi connectivity index (χ2v) is 7.44. The van der Waals surface area contributed by atoms with Crippen LogP contribution in [0.1, 0.15) is 28.6 Å². The fourth-order valence-electron chi connectivity index (χ4n) is 3.75. The molecule has 5 nitrogen and oxygen atoms in total. The molecule has 0 aliphatic heterocycles. The van der Waals surface area contributed by atoms with Crippen LogP contribution in [0.15, 0.2) is 65.1 Å². The van der Waals surface area contributed by atoms with Gasteiger partial charge in [-0.15, -0.1) is 0 Å². The van der Waals surface area contributed by atoms with Gasteiger partial charge in [0, 0.05) is 29.1 Å². The first-order valence-electron chi connectivity index (χ1n) is 10.0. The highest BCUT2D eigenvalue weighted by Crippen LogP contribution is 2.32. The molecule has 0 aliphatic rings. The second-order valence-electron chi connectivity index (χ2n) is 7.44. The van der Waals surface area contributed by atoms with E-state index in [0.717, 1.165) is 39.4 Å². The van der Waals surface area contributed by atoms with Gasteiger partial charge in [-0.3, -0.25) is 9.59 Å². The van der Waals surface area contributed by atoms with Gasteiger partial charge in [-0.05, 0) is 30.4 Å². The summed E-state index contributed by atoms with van der Waals surface area (Å²) >= 11 is 0. The highest BCUT2D eigenvalue weighted by atomic mass is 16.3. The molecule has 30 heavy (non-hydrogen) atoms. The van der Waals surface area contributed by atoms with Crippen molar-refractivity contribution in [3.05, 3.63) is 77.6 Å². The lowest BCUT2D eigenvalue weighted by Gasteiger charge is -2.17. The van der Waals surface area contributed by atoms with E-state index in [1.54, 1.807) is 7.05 Å². The molecule has 1 N–H and O–H groups in total. The highest BCUT2D eigenvalue weighted by Gasteiger charge is 2.23. The van der Waals surface area contributed by atoms with Crippen molar-refractivity contribution in [3.63, 3.8) is 0 Å². The number of likely N-dealkylation sites (N-methyl/N-ethyl adjacent to an activating group) is 1. The maximum Gasteiger partial charge on any atom is 0.290 e. The second kappa shape index (κ2) is 8.03. The van der Waals surface area contributed by atoms with Crippen LogP contribution in [0.2, 0.25) is 0 Å². The quantitative estimate of drug-likeness (QED) is 0.503. The number of hydrogen-bond donors (Lipinski definition) is 1. The van der Waals surface area contributed by atoms with Crippen molar-refractivity contribution in [2.75, 3.05) is 18.9 Å². The van der Waals surface area contributed by atoms with Crippen LogP contribution < -0.4 is 5.32 Å².